The highest BCUT2D eigenvalue weighted by Gasteiger charge is 2.20. The van der Waals surface area contributed by atoms with E-state index in [-0.39, 0.29) is 11.8 Å². The number of nitrogens with one attached hydrogen (secondary N) is 2. The Bertz CT molecular complexity index is 2070. The largest absolute Gasteiger partial charge is 0.456 e. The second-order valence-electron chi connectivity index (χ2n) is 11.8. The molecule has 6 aromatic rings. The molecule has 0 aliphatic heterocycles. The number of fused-ring (bicyclic) bond motifs is 2. The van der Waals surface area contributed by atoms with Crippen LogP contribution in [0.3, 0.4) is 0 Å². The molecule has 0 aliphatic rings. The second kappa shape index (κ2) is 13.1. The number of nitrogens with two attached hydrogens (primary N) is 1. The van der Waals surface area contributed by atoms with Crippen molar-refractivity contribution < 1.29 is 14.0 Å². The fraction of sp³-hybridized carbons (Fsp3) is 0.189. The molecule has 9 heteroatoms. The first-order valence-corrected chi connectivity index (χ1v) is 15.3. The highest BCUT2D eigenvalue weighted by Crippen LogP contribution is 2.29. The highest BCUT2D eigenvalue weighted by atomic mass is 16.3. The molecule has 9 nitrogen and oxygen atoms in total. The van der Waals surface area contributed by atoms with Gasteiger partial charge in [0.05, 0.1) is 23.0 Å². The minimum absolute atomic E-state index is 0.195. The lowest BCUT2D eigenvalue weighted by atomic mass is 10.0. The van der Waals surface area contributed by atoms with Crippen molar-refractivity contribution in [1.29, 1.82) is 0 Å². The van der Waals surface area contributed by atoms with Crippen LogP contribution >= 0.6 is 0 Å². The molecule has 1 atom stereocenters. The van der Waals surface area contributed by atoms with E-state index in [1.54, 1.807) is 30.3 Å². The van der Waals surface area contributed by atoms with Gasteiger partial charge in [-0.05, 0) is 35.2 Å². The molecule has 232 valence electrons. The van der Waals surface area contributed by atoms with E-state index < -0.39 is 17.9 Å². The molecule has 0 radical (unpaired) electrons. The quantitative estimate of drug-likeness (QED) is 0.170. The number of hydrogen-bond acceptors (Lipinski definition) is 6. The van der Waals surface area contributed by atoms with Crippen LogP contribution in [0.2, 0.25) is 0 Å². The molecule has 2 amide bonds. The van der Waals surface area contributed by atoms with Gasteiger partial charge in [-0.1, -0.05) is 86.6 Å². The number of amides is 2. The lowest BCUT2D eigenvalue weighted by Crippen LogP contribution is -2.45. The number of benzene rings is 4. The molecule has 0 saturated heterocycles. The summed E-state index contributed by atoms with van der Waals surface area (Å²) < 4.78 is 8.39. The van der Waals surface area contributed by atoms with Crippen LogP contribution in [0.25, 0.3) is 33.3 Å². The Hall–Kier alpha value is -5.70. The van der Waals surface area contributed by atoms with Crippen molar-refractivity contribution in [3.8, 4) is 11.3 Å². The molecular formula is C37H35N5O4. The van der Waals surface area contributed by atoms with E-state index in [1.807, 2.05) is 54.6 Å². The third-order valence-electron chi connectivity index (χ3n) is 7.81. The number of carbonyl (C=O) groups is 2. The molecule has 2 aromatic heterocycles. The zero-order chi connectivity index (χ0) is 32.2. The Morgan fingerprint density at radius 1 is 0.891 bits per heavy atom. The molecule has 2 heterocycles. The van der Waals surface area contributed by atoms with Crippen molar-refractivity contribution in [2.45, 2.75) is 32.9 Å². The topological polar surface area (TPSA) is 132 Å². The predicted octanol–water partition coefficient (Wildman–Crippen LogP) is 5.75. The second-order valence-corrected chi connectivity index (χ2v) is 11.8. The van der Waals surface area contributed by atoms with Crippen molar-refractivity contribution in [3.05, 3.63) is 130 Å². The van der Waals surface area contributed by atoms with Gasteiger partial charge in [-0.3, -0.25) is 14.4 Å². The smallest absolute Gasteiger partial charge is 0.251 e. The van der Waals surface area contributed by atoms with Gasteiger partial charge in [0.25, 0.3) is 5.91 Å². The number of nitrogens with zero attached hydrogens (tertiary/aromatic N) is 2. The zero-order valence-electron chi connectivity index (χ0n) is 25.7. The van der Waals surface area contributed by atoms with Crippen LogP contribution in [0.1, 0.15) is 35.3 Å². The fourth-order valence-electron chi connectivity index (χ4n) is 5.37. The van der Waals surface area contributed by atoms with Gasteiger partial charge in [0.15, 0.2) is 5.43 Å². The molecule has 46 heavy (non-hydrogen) atoms. The van der Waals surface area contributed by atoms with Gasteiger partial charge in [0, 0.05) is 36.2 Å². The molecule has 6 rings (SSSR count). The maximum absolute atomic E-state index is 13.3. The Labute approximate surface area is 266 Å². The minimum Gasteiger partial charge on any atom is -0.456 e. The number of anilines is 1. The van der Waals surface area contributed by atoms with Crippen LogP contribution in [0.15, 0.2) is 112 Å². The molecule has 0 spiro atoms. The van der Waals surface area contributed by atoms with Gasteiger partial charge in [-0.15, -0.1) is 0 Å². The highest BCUT2D eigenvalue weighted by molar-refractivity contribution is 5.98. The Morgan fingerprint density at radius 2 is 1.57 bits per heavy atom. The molecule has 4 aromatic carbocycles. The number of rotatable bonds is 11. The van der Waals surface area contributed by atoms with Crippen molar-refractivity contribution in [2.24, 2.45) is 11.7 Å². The normalized spacial score (nSPS) is 12.0. The summed E-state index contributed by atoms with van der Waals surface area (Å²) in [7, 11) is 0. The lowest BCUT2D eigenvalue weighted by Gasteiger charge is -2.16. The van der Waals surface area contributed by atoms with Gasteiger partial charge in [0.2, 0.25) is 11.9 Å². The lowest BCUT2D eigenvalue weighted by molar-refractivity contribution is -0.119. The summed E-state index contributed by atoms with van der Waals surface area (Å²) in [5.41, 5.74) is 10.3. The van der Waals surface area contributed by atoms with Crippen LogP contribution in [0.5, 0.6) is 0 Å². The summed E-state index contributed by atoms with van der Waals surface area (Å²) in [5, 5.41) is 6.62. The van der Waals surface area contributed by atoms with E-state index in [4.69, 9.17) is 15.1 Å². The van der Waals surface area contributed by atoms with Crippen molar-refractivity contribution >= 4 is 39.8 Å². The maximum Gasteiger partial charge on any atom is 0.251 e. The van der Waals surface area contributed by atoms with Crippen molar-refractivity contribution in [2.75, 3.05) is 11.9 Å². The first-order chi connectivity index (χ1) is 22.2. The summed E-state index contributed by atoms with van der Waals surface area (Å²) >= 11 is 0. The molecule has 0 aliphatic carbocycles. The van der Waals surface area contributed by atoms with E-state index >= 15 is 0 Å². The molecule has 4 N–H and O–H groups in total. The van der Waals surface area contributed by atoms with E-state index in [2.05, 4.69) is 41.2 Å². The van der Waals surface area contributed by atoms with Gasteiger partial charge >= 0.3 is 0 Å². The predicted molar refractivity (Wildman–Crippen MR) is 181 cm³/mol. The SMILES string of the molecule is CC(C)CNc1nc2cc3c(=O)cc(-c4ccc(C(=O)N[C@@H](Cc5ccccc5)C(N)=O)cc4)oc3cc2n1Cc1ccccc1. The average Bonchev–Trinajstić information content (AvgIpc) is 3.39. The van der Waals surface area contributed by atoms with Gasteiger partial charge in [-0.2, -0.15) is 0 Å². The van der Waals surface area contributed by atoms with Crippen LogP contribution in [-0.4, -0.2) is 34.0 Å². The van der Waals surface area contributed by atoms with E-state index in [0.29, 0.717) is 45.8 Å². The summed E-state index contributed by atoms with van der Waals surface area (Å²) in [6, 6.07) is 30.4. The fourth-order valence-corrected chi connectivity index (χ4v) is 5.37. The van der Waals surface area contributed by atoms with Crippen LogP contribution in [0, 0.1) is 5.92 Å². The number of carbonyl (C=O) groups excluding carboxylic acids is 2. The van der Waals surface area contributed by atoms with Crippen LogP contribution < -0.4 is 21.8 Å². The van der Waals surface area contributed by atoms with Crippen LogP contribution in [0.4, 0.5) is 5.95 Å². The average molecular weight is 614 g/mol. The monoisotopic (exact) mass is 613 g/mol. The van der Waals surface area contributed by atoms with E-state index in [1.165, 1.54) is 6.07 Å². The summed E-state index contributed by atoms with van der Waals surface area (Å²) in [5.74, 6) is 0.476. The summed E-state index contributed by atoms with van der Waals surface area (Å²) in [6.07, 6.45) is 0.287. The molecule has 0 saturated carbocycles. The first kappa shape index (κ1) is 30.3. The molecule has 0 fully saturated rings. The van der Waals surface area contributed by atoms with Gasteiger partial charge in [0.1, 0.15) is 17.4 Å². The van der Waals surface area contributed by atoms with Crippen molar-refractivity contribution in [1.82, 2.24) is 14.9 Å². The number of hydrogen-bond donors (Lipinski definition) is 3. The summed E-state index contributed by atoms with van der Waals surface area (Å²) in [6.45, 7) is 5.62. The Balaban J connectivity index is 1.29. The third-order valence-corrected chi connectivity index (χ3v) is 7.81. The molecular weight excluding hydrogens is 578 g/mol. The Kier molecular flexibility index (Phi) is 8.65. The van der Waals surface area contributed by atoms with Gasteiger partial charge < -0.3 is 25.4 Å². The third kappa shape index (κ3) is 6.68. The standard InChI is InChI=1S/C37H35N5O4/c1-23(2)21-39-37-41-29-18-28-32(43)20-33(46-34(28)19-31(29)42(37)22-25-11-7-4-8-12-25)26-13-15-27(16-14-26)36(45)40-30(35(38)44)17-24-9-5-3-6-10-24/h3-16,18-20,23,30H,17,21-22H2,1-2H3,(H2,38,44)(H,39,41)(H,40,45)/t30-/m0/s1. The first-order valence-electron chi connectivity index (χ1n) is 15.3. The molecule has 0 unspecified atom stereocenters. The van der Waals surface area contributed by atoms with E-state index in [9.17, 15) is 14.4 Å². The van der Waals surface area contributed by atoms with Crippen molar-refractivity contribution in [3.63, 3.8) is 0 Å². The van der Waals surface area contributed by atoms with E-state index in [0.717, 1.165) is 29.1 Å². The zero-order valence-corrected chi connectivity index (χ0v) is 25.7. The Morgan fingerprint density at radius 3 is 2.22 bits per heavy atom. The van der Waals surface area contributed by atoms with Crippen LogP contribution in [-0.2, 0) is 17.8 Å². The summed E-state index contributed by atoms with van der Waals surface area (Å²) in [4.78, 5) is 43.2. The van der Waals surface area contributed by atoms with Gasteiger partial charge in [-0.25, -0.2) is 4.98 Å². The molecule has 0 bridgehead atoms. The maximum atomic E-state index is 13.3. The number of imidazole rings is 1. The number of aromatic nitrogens is 2. The number of primary amides is 1. The minimum atomic E-state index is -0.860.